The minimum absolute atomic E-state index is 0.0336. The number of carbonyl (C=O) groups is 3. The number of fused-ring (bicyclic) bond motifs is 1. The summed E-state index contributed by atoms with van der Waals surface area (Å²) >= 11 is 0. The highest BCUT2D eigenvalue weighted by Gasteiger charge is 2.35. The van der Waals surface area contributed by atoms with Crippen LogP contribution in [0.15, 0.2) is 18.2 Å². The molecule has 1 N–H and O–H groups in total. The lowest BCUT2D eigenvalue weighted by molar-refractivity contribution is -0.142. The number of benzene rings is 1. The van der Waals surface area contributed by atoms with Crippen molar-refractivity contribution in [2.24, 2.45) is 11.8 Å². The highest BCUT2D eigenvalue weighted by atomic mass is 16.5. The van der Waals surface area contributed by atoms with Crippen LogP contribution in [0.1, 0.15) is 50.4 Å². The van der Waals surface area contributed by atoms with Gasteiger partial charge in [-0.3, -0.25) is 14.4 Å². The number of likely N-dealkylation sites (N-methyl/N-ethyl adjacent to an activating group) is 1. The van der Waals surface area contributed by atoms with Crippen LogP contribution in [0.25, 0.3) is 0 Å². The molecule has 1 aliphatic carbocycles. The Hall–Kier alpha value is -2.61. The van der Waals surface area contributed by atoms with Gasteiger partial charge in [0, 0.05) is 51.7 Å². The quantitative estimate of drug-likeness (QED) is 0.773. The summed E-state index contributed by atoms with van der Waals surface area (Å²) in [6.45, 7) is 6.65. The minimum Gasteiger partial charge on any atom is -0.491 e. The summed E-state index contributed by atoms with van der Waals surface area (Å²) < 4.78 is 11.8. The van der Waals surface area contributed by atoms with Crippen molar-refractivity contribution in [2.75, 3.05) is 39.2 Å². The Labute approximate surface area is 190 Å². The van der Waals surface area contributed by atoms with Gasteiger partial charge in [-0.15, -0.1) is 0 Å². The fraction of sp³-hybridized carbons (Fsp3) is 0.625. The van der Waals surface area contributed by atoms with Crippen molar-refractivity contribution in [3.05, 3.63) is 23.8 Å². The van der Waals surface area contributed by atoms with Crippen LogP contribution in [0.2, 0.25) is 0 Å². The second kappa shape index (κ2) is 10.3. The molecule has 0 unspecified atom stereocenters. The summed E-state index contributed by atoms with van der Waals surface area (Å²) in [6, 6.07) is 4.88. The van der Waals surface area contributed by atoms with Crippen molar-refractivity contribution in [2.45, 2.75) is 52.2 Å². The van der Waals surface area contributed by atoms with Crippen LogP contribution in [-0.4, -0.2) is 73.5 Å². The van der Waals surface area contributed by atoms with E-state index in [2.05, 4.69) is 12.2 Å². The maximum Gasteiger partial charge on any atom is 0.257 e. The molecule has 0 bridgehead atoms. The van der Waals surface area contributed by atoms with E-state index in [0.29, 0.717) is 30.1 Å². The summed E-state index contributed by atoms with van der Waals surface area (Å²) in [5.74, 6) is 0.309. The SMILES string of the molecule is CO[C@H]1CN(C)C(=O)c2cc(NC(C)=O)ccc2OC[C@H](C)N(C(=O)C2CCC2)C[C@H]1C. The summed E-state index contributed by atoms with van der Waals surface area (Å²) in [5, 5.41) is 2.72. The van der Waals surface area contributed by atoms with Gasteiger partial charge >= 0.3 is 0 Å². The van der Waals surface area contributed by atoms with Gasteiger partial charge in [0.15, 0.2) is 0 Å². The molecule has 3 atom stereocenters. The Balaban J connectivity index is 1.95. The fourth-order valence-corrected chi connectivity index (χ4v) is 4.25. The highest BCUT2D eigenvalue weighted by Crippen LogP contribution is 2.31. The number of hydrogen-bond donors (Lipinski definition) is 1. The third-order valence-electron chi connectivity index (χ3n) is 6.50. The average molecular weight is 446 g/mol. The molecule has 0 saturated heterocycles. The molecule has 176 valence electrons. The van der Waals surface area contributed by atoms with E-state index in [1.807, 2.05) is 11.8 Å². The first kappa shape index (κ1) is 24.0. The third-order valence-corrected chi connectivity index (χ3v) is 6.50. The van der Waals surface area contributed by atoms with Crippen LogP contribution in [-0.2, 0) is 14.3 Å². The van der Waals surface area contributed by atoms with Gasteiger partial charge < -0.3 is 24.6 Å². The molecule has 1 aromatic rings. The van der Waals surface area contributed by atoms with Gasteiger partial charge in [0.1, 0.15) is 12.4 Å². The molecule has 8 heteroatoms. The molecule has 32 heavy (non-hydrogen) atoms. The average Bonchev–Trinajstić information content (AvgIpc) is 2.71. The molecule has 2 aliphatic rings. The monoisotopic (exact) mass is 445 g/mol. The van der Waals surface area contributed by atoms with E-state index in [0.717, 1.165) is 19.3 Å². The van der Waals surface area contributed by atoms with Crippen LogP contribution in [0.5, 0.6) is 5.75 Å². The molecular formula is C24H35N3O5. The first-order valence-corrected chi connectivity index (χ1v) is 11.3. The van der Waals surface area contributed by atoms with E-state index in [9.17, 15) is 14.4 Å². The number of amides is 3. The molecule has 0 radical (unpaired) electrons. The van der Waals surface area contributed by atoms with E-state index >= 15 is 0 Å². The molecule has 0 spiro atoms. The van der Waals surface area contributed by atoms with E-state index in [-0.39, 0.29) is 48.3 Å². The van der Waals surface area contributed by atoms with E-state index < -0.39 is 0 Å². The highest BCUT2D eigenvalue weighted by molar-refractivity contribution is 5.99. The van der Waals surface area contributed by atoms with Crippen LogP contribution < -0.4 is 10.1 Å². The summed E-state index contributed by atoms with van der Waals surface area (Å²) in [6.07, 6.45) is 2.76. The second-order valence-corrected chi connectivity index (χ2v) is 9.11. The van der Waals surface area contributed by atoms with Crippen molar-refractivity contribution in [1.29, 1.82) is 0 Å². The fourth-order valence-electron chi connectivity index (χ4n) is 4.25. The predicted octanol–water partition coefficient (Wildman–Crippen LogP) is 2.78. The number of ether oxygens (including phenoxy) is 2. The summed E-state index contributed by atoms with van der Waals surface area (Å²) in [4.78, 5) is 41.5. The number of nitrogens with zero attached hydrogens (tertiary/aromatic N) is 2. The smallest absolute Gasteiger partial charge is 0.257 e. The molecule has 0 aromatic heterocycles. The van der Waals surface area contributed by atoms with Crippen molar-refractivity contribution in [3.63, 3.8) is 0 Å². The van der Waals surface area contributed by atoms with Crippen molar-refractivity contribution < 1.29 is 23.9 Å². The van der Waals surface area contributed by atoms with Gasteiger partial charge in [-0.25, -0.2) is 0 Å². The normalized spacial score (nSPS) is 25.0. The standard InChI is InChI=1S/C24H35N3O5/c1-15-12-27(23(29)18-7-6-8-18)16(2)14-32-21-10-9-19(25-17(3)28)11-20(21)24(30)26(4)13-22(15)31-5/h9-11,15-16,18,22H,6-8,12-14H2,1-5H3,(H,25,28)/t15-,16+,22+/m1/s1. The number of rotatable bonds is 3. The number of carbonyl (C=O) groups excluding carboxylic acids is 3. The topological polar surface area (TPSA) is 88.2 Å². The first-order valence-electron chi connectivity index (χ1n) is 11.3. The van der Waals surface area contributed by atoms with E-state index in [4.69, 9.17) is 9.47 Å². The Morgan fingerprint density at radius 3 is 2.50 bits per heavy atom. The maximum absolute atomic E-state index is 13.3. The van der Waals surface area contributed by atoms with Gasteiger partial charge in [0.05, 0.1) is 17.7 Å². The van der Waals surface area contributed by atoms with Crippen LogP contribution in [0, 0.1) is 11.8 Å². The van der Waals surface area contributed by atoms with Gasteiger partial charge in [0.25, 0.3) is 5.91 Å². The number of hydrogen-bond acceptors (Lipinski definition) is 5. The Bertz CT molecular complexity index is 854. The molecule has 3 rings (SSSR count). The van der Waals surface area contributed by atoms with Gasteiger partial charge in [0.2, 0.25) is 11.8 Å². The largest absolute Gasteiger partial charge is 0.491 e. The minimum atomic E-state index is -0.227. The molecule has 1 aromatic carbocycles. The third kappa shape index (κ3) is 5.41. The van der Waals surface area contributed by atoms with Crippen molar-refractivity contribution in [1.82, 2.24) is 9.80 Å². The number of nitrogens with one attached hydrogen (secondary N) is 1. The van der Waals surface area contributed by atoms with Crippen LogP contribution in [0.3, 0.4) is 0 Å². The molecule has 1 saturated carbocycles. The van der Waals surface area contributed by atoms with Gasteiger partial charge in [-0.1, -0.05) is 13.3 Å². The molecule has 1 heterocycles. The van der Waals surface area contributed by atoms with Gasteiger partial charge in [-0.2, -0.15) is 0 Å². The molecule has 1 fully saturated rings. The van der Waals surface area contributed by atoms with E-state index in [1.54, 1.807) is 37.3 Å². The predicted molar refractivity (Wildman–Crippen MR) is 122 cm³/mol. The zero-order chi connectivity index (χ0) is 23.4. The lowest BCUT2D eigenvalue weighted by Gasteiger charge is -2.39. The molecule has 8 nitrogen and oxygen atoms in total. The van der Waals surface area contributed by atoms with Crippen molar-refractivity contribution in [3.8, 4) is 5.75 Å². The summed E-state index contributed by atoms with van der Waals surface area (Å²) in [7, 11) is 3.36. The first-order chi connectivity index (χ1) is 15.2. The van der Waals surface area contributed by atoms with Crippen LogP contribution in [0.4, 0.5) is 5.69 Å². The van der Waals surface area contributed by atoms with E-state index in [1.165, 1.54) is 6.92 Å². The number of anilines is 1. The molecule has 1 aliphatic heterocycles. The Morgan fingerprint density at radius 2 is 1.91 bits per heavy atom. The molecule has 3 amide bonds. The maximum atomic E-state index is 13.3. The second-order valence-electron chi connectivity index (χ2n) is 9.11. The molecular weight excluding hydrogens is 410 g/mol. The number of methoxy groups -OCH3 is 1. The lowest BCUT2D eigenvalue weighted by atomic mass is 9.83. The van der Waals surface area contributed by atoms with Gasteiger partial charge in [-0.05, 0) is 38.0 Å². The lowest BCUT2D eigenvalue weighted by Crippen LogP contribution is -2.51. The zero-order valence-electron chi connectivity index (χ0n) is 19.7. The zero-order valence-corrected chi connectivity index (χ0v) is 19.7. The van der Waals surface area contributed by atoms with Crippen LogP contribution >= 0.6 is 0 Å². The Morgan fingerprint density at radius 1 is 1.19 bits per heavy atom. The Kier molecular flexibility index (Phi) is 7.77. The van der Waals surface area contributed by atoms with Crippen molar-refractivity contribution >= 4 is 23.4 Å². The summed E-state index contributed by atoms with van der Waals surface area (Å²) in [5.41, 5.74) is 0.895.